The van der Waals surface area contributed by atoms with E-state index in [1.807, 2.05) is 47.6 Å². The number of carbonyl (C=O) groups is 1. The van der Waals surface area contributed by atoms with Crippen molar-refractivity contribution >= 4 is 28.6 Å². The van der Waals surface area contributed by atoms with Crippen molar-refractivity contribution in [2.24, 2.45) is 0 Å². The van der Waals surface area contributed by atoms with Crippen LogP contribution in [-0.4, -0.2) is 38.7 Å². The van der Waals surface area contributed by atoms with Crippen LogP contribution in [0, 0.1) is 18.8 Å². The number of hydrogen-bond donors (Lipinski definition) is 3. The summed E-state index contributed by atoms with van der Waals surface area (Å²) in [4.78, 5) is 17.4. The number of carbonyl (C=O) groups excluding carboxylic acids is 1. The molecule has 0 fully saturated rings. The summed E-state index contributed by atoms with van der Waals surface area (Å²) in [6.45, 7) is 4.93. The van der Waals surface area contributed by atoms with Crippen LogP contribution in [0.15, 0.2) is 79.4 Å². The van der Waals surface area contributed by atoms with Crippen LogP contribution < -0.4 is 16.0 Å². The Morgan fingerprint density at radius 2 is 1.89 bits per heavy atom. The number of nitrogens with one attached hydrogen (secondary N) is 3. The number of pyridine rings is 1. The number of aryl methyl sites for hydroxylation is 1. The van der Waals surface area contributed by atoms with Gasteiger partial charge in [-0.2, -0.15) is 18.3 Å². The molecule has 226 valence electrons. The highest BCUT2D eigenvalue weighted by atomic mass is 19.4. The van der Waals surface area contributed by atoms with Crippen molar-refractivity contribution in [1.29, 1.82) is 0 Å². The van der Waals surface area contributed by atoms with Gasteiger partial charge in [0.25, 0.3) is 5.91 Å². The highest BCUT2D eigenvalue weighted by molar-refractivity contribution is 6.04. The Balaban J connectivity index is 1.34. The second-order valence-electron chi connectivity index (χ2n) is 10.4. The van der Waals surface area contributed by atoms with E-state index >= 15 is 0 Å². The third kappa shape index (κ3) is 6.93. The first-order valence-electron chi connectivity index (χ1n) is 14.2. The minimum Gasteiger partial charge on any atom is -0.350 e. The molecular weight excluding hydrogens is 567 g/mol. The summed E-state index contributed by atoms with van der Waals surface area (Å²) in [5.74, 6) is 5.74. The number of benzene rings is 2. The van der Waals surface area contributed by atoms with Gasteiger partial charge in [-0.3, -0.25) is 13.9 Å². The molecule has 0 spiro atoms. The Hall–Kier alpha value is -5.08. The van der Waals surface area contributed by atoms with Crippen LogP contribution >= 0.6 is 0 Å². The SMILES string of the molecule is CCC(CCNC)n1cc(Nc2cccn3c(C#Cc4cc(C(=O)Nc5cccc(C(F)(F)F)c5)ccc4C)cnc23)cn1. The number of nitrogens with zero attached hydrogens (tertiary/aromatic N) is 4. The monoisotopic (exact) mass is 599 g/mol. The number of hydrogen-bond acceptors (Lipinski definition) is 5. The fourth-order valence-electron chi connectivity index (χ4n) is 4.80. The van der Waals surface area contributed by atoms with Gasteiger partial charge < -0.3 is 16.0 Å². The van der Waals surface area contributed by atoms with Gasteiger partial charge in [0.05, 0.1) is 35.4 Å². The molecule has 3 N–H and O–H groups in total. The van der Waals surface area contributed by atoms with Crippen LogP contribution in [-0.2, 0) is 6.18 Å². The topological polar surface area (TPSA) is 88.3 Å². The molecule has 5 rings (SSSR count). The van der Waals surface area contributed by atoms with Crippen LogP contribution in [0.25, 0.3) is 5.65 Å². The maximum atomic E-state index is 13.1. The van der Waals surface area contributed by atoms with E-state index in [1.54, 1.807) is 30.6 Å². The summed E-state index contributed by atoms with van der Waals surface area (Å²) in [7, 11) is 1.94. The van der Waals surface area contributed by atoms with E-state index in [0.29, 0.717) is 22.9 Å². The molecule has 0 saturated carbocycles. The highest BCUT2D eigenvalue weighted by Crippen LogP contribution is 2.31. The molecular formula is C33H32F3N7O. The third-order valence-corrected chi connectivity index (χ3v) is 7.26. The number of fused-ring (bicyclic) bond motifs is 1. The van der Waals surface area contributed by atoms with Gasteiger partial charge in [0.2, 0.25) is 0 Å². The molecule has 3 heterocycles. The zero-order valence-corrected chi connectivity index (χ0v) is 24.5. The van der Waals surface area contributed by atoms with Crippen LogP contribution in [0.2, 0.25) is 0 Å². The van der Waals surface area contributed by atoms with E-state index in [1.165, 1.54) is 12.1 Å². The number of anilines is 3. The fourth-order valence-corrected chi connectivity index (χ4v) is 4.80. The van der Waals surface area contributed by atoms with Crippen LogP contribution in [0.1, 0.15) is 58.5 Å². The number of halogens is 3. The van der Waals surface area contributed by atoms with E-state index < -0.39 is 17.6 Å². The van der Waals surface area contributed by atoms with Crippen molar-refractivity contribution in [2.45, 2.75) is 38.9 Å². The van der Waals surface area contributed by atoms with Crippen molar-refractivity contribution in [1.82, 2.24) is 24.5 Å². The van der Waals surface area contributed by atoms with E-state index in [0.717, 1.165) is 48.5 Å². The lowest BCUT2D eigenvalue weighted by atomic mass is 10.0. The van der Waals surface area contributed by atoms with Crippen molar-refractivity contribution in [3.8, 4) is 11.8 Å². The summed E-state index contributed by atoms with van der Waals surface area (Å²) in [5, 5.41) is 13.7. The maximum absolute atomic E-state index is 13.1. The predicted octanol–water partition coefficient (Wildman–Crippen LogP) is 6.81. The lowest BCUT2D eigenvalue weighted by molar-refractivity contribution is -0.137. The van der Waals surface area contributed by atoms with Gasteiger partial charge in [-0.05, 0) is 87.3 Å². The molecule has 5 aromatic rings. The molecule has 0 aliphatic carbocycles. The van der Waals surface area contributed by atoms with E-state index in [-0.39, 0.29) is 11.3 Å². The number of imidazole rings is 1. The molecule has 0 bridgehead atoms. The average Bonchev–Trinajstić information content (AvgIpc) is 3.64. The van der Waals surface area contributed by atoms with Gasteiger partial charge in [0.1, 0.15) is 5.69 Å². The fraction of sp³-hybridized carbons (Fsp3) is 0.242. The first-order valence-corrected chi connectivity index (χ1v) is 14.2. The standard InChI is InChI=1S/C33H32F3N7O/c1-4-28(14-15-37-3)43-21-27(19-39-43)40-30-9-6-16-42-29(20-38-31(30)42)13-12-23-17-24(11-10-22(23)2)32(44)41-26-8-5-7-25(18-26)33(34,35)36/h5-11,16-21,28,37,40H,4,14-15H2,1-3H3,(H,41,44). The summed E-state index contributed by atoms with van der Waals surface area (Å²) in [6.07, 6.45) is 4.80. The van der Waals surface area contributed by atoms with E-state index in [4.69, 9.17) is 0 Å². The molecule has 44 heavy (non-hydrogen) atoms. The molecule has 3 aromatic heterocycles. The molecule has 8 nitrogen and oxygen atoms in total. The van der Waals surface area contributed by atoms with Gasteiger partial charge >= 0.3 is 6.18 Å². The summed E-state index contributed by atoms with van der Waals surface area (Å²) >= 11 is 0. The largest absolute Gasteiger partial charge is 0.416 e. The molecule has 0 radical (unpaired) electrons. The second-order valence-corrected chi connectivity index (χ2v) is 10.4. The van der Waals surface area contributed by atoms with E-state index in [2.05, 4.69) is 44.8 Å². The Bertz CT molecular complexity index is 1850. The Labute approximate surface area is 253 Å². The Morgan fingerprint density at radius 3 is 2.66 bits per heavy atom. The van der Waals surface area contributed by atoms with Gasteiger partial charge in [0, 0.05) is 29.2 Å². The quantitative estimate of drug-likeness (QED) is 0.162. The summed E-state index contributed by atoms with van der Waals surface area (Å²) in [6, 6.07) is 13.7. The van der Waals surface area contributed by atoms with E-state index in [9.17, 15) is 18.0 Å². The van der Waals surface area contributed by atoms with Crippen molar-refractivity contribution < 1.29 is 18.0 Å². The lowest BCUT2D eigenvalue weighted by Gasteiger charge is -2.15. The number of aromatic nitrogens is 4. The molecule has 2 aromatic carbocycles. The number of amides is 1. The first-order chi connectivity index (χ1) is 21.2. The summed E-state index contributed by atoms with van der Waals surface area (Å²) < 4.78 is 43.1. The lowest BCUT2D eigenvalue weighted by Crippen LogP contribution is -2.16. The molecule has 1 unspecified atom stereocenters. The average molecular weight is 600 g/mol. The maximum Gasteiger partial charge on any atom is 0.416 e. The minimum absolute atomic E-state index is 0.0551. The first kappa shape index (κ1) is 30.4. The van der Waals surface area contributed by atoms with Crippen LogP contribution in [0.3, 0.4) is 0 Å². The normalized spacial score (nSPS) is 12.0. The minimum atomic E-state index is -4.50. The molecule has 11 heteroatoms. The molecule has 0 saturated heterocycles. The zero-order chi connectivity index (χ0) is 31.3. The smallest absolute Gasteiger partial charge is 0.350 e. The highest BCUT2D eigenvalue weighted by Gasteiger charge is 2.30. The zero-order valence-electron chi connectivity index (χ0n) is 24.5. The van der Waals surface area contributed by atoms with Gasteiger partial charge in [-0.25, -0.2) is 4.98 Å². The second kappa shape index (κ2) is 13.1. The van der Waals surface area contributed by atoms with Gasteiger partial charge in [-0.1, -0.05) is 25.0 Å². The van der Waals surface area contributed by atoms with Crippen molar-refractivity contribution in [3.63, 3.8) is 0 Å². The third-order valence-electron chi connectivity index (χ3n) is 7.26. The molecule has 0 aliphatic heterocycles. The number of rotatable bonds is 9. The van der Waals surface area contributed by atoms with Gasteiger partial charge in [0.15, 0.2) is 5.65 Å². The van der Waals surface area contributed by atoms with Crippen LogP contribution in [0.5, 0.6) is 0 Å². The molecule has 1 atom stereocenters. The Kier molecular flexibility index (Phi) is 9.01. The van der Waals surface area contributed by atoms with Gasteiger partial charge in [-0.15, -0.1) is 0 Å². The Morgan fingerprint density at radius 1 is 1.05 bits per heavy atom. The predicted molar refractivity (Wildman–Crippen MR) is 165 cm³/mol. The van der Waals surface area contributed by atoms with Crippen molar-refractivity contribution in [2.75, 3.05) is 24.2 Å². The molecule has 0 aliphatic rings. The molecule has 1 amide bonds. The van der Waals surface area contributed by atoms with Crippen LogP contribution in [0.4, 0.5) is 30.2 Å². The number of alkyl halides is 3. The van der Waals surface area contributed by atoms with Crippen molar-refractivity contribution in [3.05, 3.63) is 107 Å². The summed E-state index contributed by atoms with van der Waals surface area (Å²) in [5.41, 5.74) is 3.95.